The smallest absolute Gasteiger partial charge is 0.341 e. The SMILES string of the molecule is Nn1c(SC(C(=O)N2CCCC2)c2ccccc2)nnc1C(F)(F)F. The van der Waals surface area contributed by atoms with E-state index in [0.717, 1.165) is 24.6 Å². The zero-order valence-electron chi connectivity index (χ0n) is 13.1. The van der Waals surface area contributed by atoms with Crippen molar-refractivity contribution in [2.45, 2.75) is 29.4 Å². The summed E-state index contributed by atoms with van der Waals surface area (Å²) in [6, 6.07) is 8.86. The number of halogens is 3. The average Bonchev–Trinajstić information content (AvgIpc) is 3.22. The minimum Gasteiger partial charge on any atom is -0.341 e. The molecule has 3 rings (SSSR count). The number of nitrogens with zero attached hydrogens (tertiary/aromatic N) is 4. The molecule has 2 N–H and O–H groups in total. The maximum atomic E-state index is 12.8. The third-order valence-corrected chi connectivity index (χ3v) is 5.08. The molecule has 0 radical (unpaired) electrons. The highest BCUT2D eigenvalue weighted by Gasteiger charge is 2.39. The molecule has 1 fully saturated rings. The molecule has 1 amide bonds. The number of hydrogen-bond donors (Lipinski definition) is 1. The lowest BCUT2D eigenvalue weighted by atomic mass is 10.1. The van der Waals surface area contributed by atoms with E-state index in [1.165, 1.54) is 0 Å². The number of nitrogens with two attached hydrogens (primary N) is 1. The highest BCUT2D eigenvalue weighted by molar-refractivity contribution is 8.00. The van der Waals surface area contributed by atoms with E-state index in [2.05, 4.69) is 10.2 Å². The molecule has 0 spiro atoms. The van der Waals surface area contributed by atoms with Crippen LogP contribution in [0.4, 0.5) is 13.2 Å². The van der Waals surface area contributed by atoms with Gasteiger partial charge in [0.05, 0.1) is 0 Å². The third-order valence-electron chi connectivity index (χ3n) is 3.89. The first-order chi connectivity index (χ1) is 11.9. The maximum Gasteiger partial charge on any atom is 0.453 e. The normalized spacial score (nSPS) is 16.2. The Labute approximate surface area is 146 Å². The second-order valence-corrected chi connectivity index (χ2v) is 6.69. The second-order valence-electron chi connectivity index (χ2n) is 5.61. The molecule has 1 unspecified atom stereocenters. The molecule has 1 saturated heterocycles. The molecule has 0 saturated carbocycles. The first-order valence-electron chi connectivity index (χ1n) is 7.66. The van der Waals surface area contributed by atoms with Gasteiger partial charge in [-0.15, -0.1) is 10.2 Å². The Kier molecular flexibility index (Phi) is 4.89. The van der Waals surface area contributed by atoms with Gasteiger partial charge in [0, 0.05) is 13.1 Å². The van der Waals surface area contributed by atoms with E-state index < -0.39 is 17.3 Å². The lowest BCUT2D eigenvalue weighted by molar-refractivity contribution is -0.146. The summed E-state index contributed by atoms with van der Waals surface area (Å²) < 4.78 is 38.9. The quantitative estimate of drug-likeness (QED) is 0.660. The lowest BCUT2D eigenvalue weighted by Gasteiger charge is -2.22. The first-order valence-corrected chi connectivity index (χ1v) is 8.54. The van der Waals surface area contributed by atoms with Gasteiger partial charge in [0.1, 0.15) is 5.25 Å². The molecular weight excluding hydrogens is 355 g/mol. The van der Waals surface area contributed by atoms with Gasteiger partial charge < -0.3 is 10.7 Å². The number of carbonyl (C=O) groups is 1. The number of hydrogen-bond acceptors (Lipinski definition) is 5. The summed E-state index contributed by atoms with van der Waals surface area (Å²) in [7, 11) is 0. The molecule has 6 nitrogen and oxygen atoms in total. The van der Waals surface area contributed by atoms with Crippen molar-refractivity contribution in [3.05, 3.63) is 41.7 Å². The van der Waals surface area contributed by atoms with E-state index in [9.17, 15) is 18.0 Å². The van der Waals surface area contributed by atoms with Crippen LogP contribution in [0.15, 0.2) is 35.5 Å². The van der Waals surface area contributed by atoms with Crippen molar-refractivity contribution in [2.24, 2.45) is 0 Å². The van der Waals surface area contributed by atoms with Gasteiger partial charge in [-0.25, -0.2) is 4.68 Å². The molecule has 25 heavy (non-hydrogen) atoms. The van der Waals surface area contributed by atoms with Crippen LogP contribution in [0.2, 0.25) is 0 Å². The van der Waals surface area contributed by atoms with Gasteiger partial charge in [0.2, 0.25) is 11.1 Å². The Morgan fingerprint density at radius 3 is 2.36 bits per heavy atom. The summed E-state index contributed by atoms with van der Waals surface area (Å²) in [6.07, 6.45) is -2.87. The summed E-state index contributed by atoms with van der Waals surface area (Å²) in [4.78, 5) is 14.6. The highest BCUT2D eigenvalue weighted by Crippen LogP contribution is 2.37. The molecule has 134 valence electrons. The fourth-order valence-corrected chi connectivity index (χ4v) is 3.69. The lowest BCUT2D eigenvalue weighted by Crippen LogP contribution is -2.32. The van der Waals surface area contributed by atoms with E-state index in [1.54, 1.807) is 35.2 Å². The Morgan fingerprint density at radius 1 is 1.16 bits per heavy atom. The Morgan fingerprint density at radius 2 is 1.80 bits per heavy atom. The zero-order chi connectivity index (χ0) is 18.0. The molecule has 2 heterocycles. The van der Waals surface area contributed by atoms with E-state index in [-0.39, 0.29) is 11.1 Å². The molecule has 1 aromatic carbocycles. The van der Waals surface area contributed by atoms with Gasteiger partial charge in [0.25, 0.3) is 5.82 Å². The van der Waals surface area contributed by atoms with E-state index in [1.807, 2.05) is 0 Å². The fourth-order valence-electron chi connectivity index (χ4n) is 2.65. The molecule has 1 atom stereocenters. The van der Waals surface area contributed by atoms with Crippen LogP contribution in [0.3, 0.4) is 0 Å². The predicted molar refractivity (Wildman–Crippen MR) is 86.0 cm³/mol. The topological polar surface area (TPSA) is 77.0 Å². The largest absolute Gasteiger partial charge is 0.453 e. The van der Waals surface area contributed by atoms with Gasteiger partial charge in [-0.1, -0.05) is 42.1 Å². The van der Waals surface area contributed by atoms with Crippen molar-refractivity contribution in [1.82, 2.24) is 19.8 Å². The molecule has 0 bridgehead atoms. The standard InChI is InChI=1S/C15H16F3N5OS/c16-15(17,18)13-20-21-14(23(13)19)25-11(10-6-2-1-3-7-10)12(24)22-8-4-5-9-22/h1-3,6-7,11H,4-5,8-9,19H2. The van der Waals surface area contributed by atoms with Crippen molar-refractivity contribution < 1.29 is 18.0 Å². The fraction of sp³-hybridized carbons (Fsp3) is 0.400. The van der Waals surface area contributed by atoms with E-state index >= 15 is 0 Å². The summed E-state index contributed by atoms with van der Waals surface area (Å²) in [6.45, 7) is 1.29. The molecule has 1 aromatic heterocycles. The molecule has 2 aromatic rings. The first kappa shape index (κ1) is 17.6. The van der Waals surface area contributed by atoms with Crippen LogP contribution in [0, 0.1) is 0 Å². The Hall–Kier alpha value is -2.23. The number of thioether (sulfide) groups is 1. The van der Waals surface area contributed by atoms with Gasteiger partial charge in [0.15, 0.2) is 0 Å². The molecule has 0 aliphatic carbocycles. The van der Waals surface area contributed by atoms with Crippen LogP contribution < -0.4 is 5.84 Å². The number of nitrogen functional groups attached to an aromatic ring is 1. The van der Waals surface area contributed by atoms with E-state index in [0.29, 0.717) is 23.3 Å². The number of amides is 1. The number of alkyl halides is 3. The van der Waals surface area contributed by atoms with Gasteiger partial charge >= 0.3 is 6.18 Å². The minimum absolute atomic E-state index is 0.159. The van der Waals surface area contributed by atoms with Crippen LogP contribution in [-0.4, -0.2) is 38.8 Å². The number of carbonyl (C=O) groups excluding carboxylic acids is 1. The number of aromatic nitrogens is 3. The van der Waals surface area contributed by atoms with Gasteiger partial charge in [-0.3, -0.25) is 4.79 Å². The minimum atomic E-state index is -4.71. The van der Waals surface area contributed by atoms with Gasteiger partial charge in [-0.05, 0) is 18.4 Å². The molecule has 10 heteroatoms. The van der Waals surface area contributed by atoms with Gasteiger partial charge in [-0.2, -0.15) is 13.2 Å². The number of benzene rings is 1. The summed E-state index contributed by atoms with van der Waals surface area (Å²) in [5.41, 5.74) is 0.681. The van der Waals surface area contributed by atoms with Crippen LogP contribution >= 0.6 is 11.8 Å². The Bertz CT molecular complexity index is 743. The van der Waals surface area contributed by atoms with Crippen LogP contribution in [-0.2, 0) is 11.0 Å². The van der Waals surface area contributed by atoms with Crippen molar-refractivity contribution in [3.8, 4) is 0 Å². The van der Waals surface area contributed by atoms with E-state index in [4.69, 9.17) is 5.84 Å². The van der Waals surface area contributed by atoms with Crippen LogP contribution in [0.25, 0.3) is 0 Å². The molecule has 1 aliphatic rings. The van der Waals surface area contributed by atoms with Crippen molar-refractivity contribution in [1.29, 1.82) is 0 Å². The second kappa shape index (κ2) is 6.95. The third kappa shape index (κ3) is 3.73. The average molecular weight is 371 g/mol. The predicted octanol–water partition coefficient (Wildman–Crippen LogP) is 2.47. The summed E-state index contributed by atoms with van der Waals surface area (Å²) in [5, 5.41) is 5.74. The number of rotatable bonds is 4. The molecular formula is C15H16F3N5OS. The summed E-state index contributed by atoms with van der Waals surface area (Å²) in [5.74, 6) is 4.04. The van der Waals surface area contributed by atoms with Crippen LogP contribution in [0.5, 0.6) is 0 Å². The zero-order valence-corrected chi connectivity index (χ0v) is 13.9. The molecule has 1 aliphatic heterocycles. The maximum absolute atomic E-state index is 12.8. The van der Waals surface area contributed by atoms with Crippen molar-refractivity contribution in [3.63, 3.8) is 0 Å². The van der Waals surface area contributed by atoms with Crippen LogP contribution in [0.1, 0.15) is 29.5 Å². The monoisotopic (exact) mass is 371 g/mol. The number of likely N-dealkylation sites (tertiary alicyclic amines) is 1. The van der Waals surface area contributed by atoms with Crippen molar-refractivity contribution >= 4 is 17.7 Å². The van der Waals surface area contributed by atoms with Crippen molar-refractivity contribution in [2.75, 3.05) is 18.9 Å². The summed E-state index contributed by atoms with van der Waals surface area (Å²) >= 11 is 0.873. The Balaban J connectivity index is 1.90. The highest BCUT2D eigenvalue weighted by atomic mass is 32.2.